The molecule has 2 aliphatic heterocycles. The minimum absolute atomic E-state index is 0.0672. The highest BCUT2D eigenvalue weighted by Gasteiger charge is 2.33. The number of anilines is 2. The van der Waals surface area contributed by atoms with Crippen molar-refractivity contribution in [3.05, 3.63) is 53.6 Å². The van der Waals surface area contributed by atoms with Gasteiger partial charge in [0.15, 0.2) is 17.1 Å². The summed E-state index contributed by atoms with van der Waals surface area (Å²) < 4.78 is 32.5. The lowest BCUT2D eigenvalue weighted by molar-refractivity contribution is -0.123. The molecule has 0 radical (unpaired) electrons. The molecule has 0 saturated heterocycles. The second kappa shape index (κ2) is 8.40. The van der Waals surface area contributed by atoms with Gasteiger partial charge in [-0.15, -0.1) is 4.40 Å². The van der Waals surface area contributed by atoms with Crippen LogP contribution in [-0.2, 0) is 19.6 Å². The molecule has 0 spiro atoms. The molecule has 0 fully saturated rings. The van der Waals surface area contributed by atoms with E-state index in [0.717, 1.165) is 5.69 Å². The van der Waals surface area contributed by atoms with E-state index in [-0.39, 0.29) is 17.1 Å². The summed E-state index contributed by atoms with van der Waals surface area (Å²) >= 11 is 1.17. The molecule has 11 heteroatoms. The van der Waals surface area contributed by atoms with E-state index in [2.05, 4.69) is 9.71 Å². The summed E-state index contributed by atoms with van der Waals surface area (Å²) in [5.41, 5.74) is 1.89. The lowest BCUT2D eigenvalue weighted by Gasteiger charge is -2.22. The summed E-state index contributed by atoms with van der Waals surface area (Å²) in [6, 6.07) is 11.3. The minimum atomic E-state index is -3.47. The van der Waals surface area contributed by atoms with E-state index >= 15 is 0 Å². The third-order valence-corrected chi connectivity index (χ3v) is 7.20. The van der Waals surface area contributed by atoms with E-state index in [9.17, 15) is 22.8 Å². The molecule has 1 amide bonds. The van der Waals surface area contributed by atoms with E-state index in [1.807, 2.05) is 0 Å². The molecule has 1 unspecified atom stereocenters. The SMILES string of the molecule is CC(=O)c1cccc(NC(=O)C(C)OC(=O)c2ccc3c(c2)SC2=NS(=O)(=O)CCN23)c1. The van der Waals surface area contributed by atoms with Gasteiger partial charge in [-0.05, 0) is 55.9 Å². The molecule has 1 N–H and O–H groups in total. The number of carbonyl (C=O) groups is 3. The van der Waals surface area contributed by atoms with Crippen LogP contribution >= 0.6 is 11.8 Å². The Balaban J connectivity index is 1.43. The maximum atomic E-state index is 12.6. The lowest BCUT2D eigenvalue weighted by Crippen LogP contribution is -2.35. The molecule has 2 heterocycles. The predicted octanol–water partition coefficient (Wildman–Crippen LogP) is 2.68. The quantitative estimate of drug-likeness (QED) is 0.520. The Hall–Kier alpha value is -3.18. The van der Waals surface area contributed by atoms with Crippen molar-refractivity contribution in [2.45, 2.75) is 24.8 Å². The number of hydrogen-bond donors (Lipinski definition) is 1. The Bertz CT molecular complexity index is 1270. The fraction of sp³-hybridized carbons (Fsp3) is 0.238. The van der Waals surface area contributed by atoms with Crippen LogP contribution < -0.4 is 10.2 Å². The molecule has 0 aromatic heterocycles. The van der Waals surface area contributed by atoms with Gasteiger partial charge in [0.2, 0.25) is 0 Å². The minimum Gasteiger partial charge on any atom is -0.449 e. The first-order valence-corrected chi connectivity index (χ1v) is 12.1. The molecule has 1 atom stereocenters. The van der Waals surface area contributed by atoms with Gasteiger partial charge in [0.1, 0.15) is 0 Å². The Morgan fingerprint density at radius 1 is 1.16 bits per heavy atom. The molecule has 2 aliphatic rings. The normalized spacial score (nSPS) is 16.9. The third kappa shape index (κ3) is 4.53. The maximum absolute atomic E-state index is 12.6. The van der Waals surface area contributed by atoms with Gasteiger partial charge in [-0.3, -0.25) is 9.59 Å². The van der Waals surface area contributed by atoms with Gasteiger partial charge in [-0.25, -0.2) is 13.2 Å². The Morgan fingerprint density at radius 2 is 1.94 bits per heavy atom. The van der Waals surface area contributed by atoms with Crippen molar-refractivity contribution >= 4 is 56.0 Å². The number of ether oxygens (including phenoxy) is 1. The molecule has 0 saturated carbocycles. The summed E-state index contributed by atoms with van der Waals surface area (Å²) in [6.45, 7) is 3.18. The number of sulfonamides is 1. The van der Waals surface area contributed by atoms with Gasteiger partial charge >= 0.3 is 5.97 Å². The van der Waals surface area contributed by atoms with E-state index < -0.39 is 28.0 Å². The first-order chi connectivity index (χ1) is 15.1. The molecule has 9 nitrogen and oxygen atoms in total. The zero-order chi connectivity index (χ0) is 23.0. The largest absolute Gasteiger partial charge is 0.449 e. The van der Waals surface area contributed by atoms with Gasteiger partial charge in [-0.2, -0.15) is 0 Å². The van der Waals surface area contributed by atoms with Gasteiger partial charge < -0.3 is 15.0 Å². The van der Waals surface area contributed by atoms with Crippen LogP contribution in [-0.4, -0.2) is 49.6 Å². The number of amidine groups is 1. The first-order valence-electron chi connectivity index (χ1n) is 9.68. The fourth-order valence-electron chi connectivity index (χ4n) is 3.20. The van der Waals surface area contributed by atoms with Crippen molar-refractivity contribution in [3.63, 3.8) is 0 Å². The van der Waals surface area contributed by atoms with Crippen molar-refractivity contribution in [2.75, 3.05) is 22.5 Å². The zero-order valence-corrected chi connectivity index (χ0v) is 18.8. The molecular formula is C21H19N3O6S2. The van der Waals surface area contributed by atoms with Crippen LogP contribution in [0.25, 0.3) is 0 Å². The van der Waals surface area contributed by atoms with Gasteiger partial charge in [0, 0.05) is 22.7 Å². The second-order valence-corrected chi connectivity index (χ2v) is 10.0. The number of hydrogen-bond acceptors (Lipinski definition) is 8. The van der Waals surface area contributed by atoms with Gasteiger partial charge in [0.05, 0.1) is 17.0 Å². The monoisotopic (exact) mass is 473 g/mol. The highest BCUT2D eigenvalue weighted by molar-refractivity contribution is 8.15. The summed E-state index contributed by atoms with van der Waals surface area (Å²) in [5.74, 6) is -1.42. The van der Waals surface area contributed by atoms with Crippen molar-refractivity contribution in [3.8, 4) is 0 Å². The molecule has 2 aromatic rings. The van der Waals surface area contributed by atoms with E-state index in [1.165, 1.54) is 25.6 Å². The smallest absolute Gasteiger partial charge is 0.338 e. The number of nitrogens with zero attached hydrogens (tertiary/aromatic N) is 2. The number of rotatable bonds is 5. The average molecular weight is 474 g/mol. The van der Waals surface area contributed by atoms with E-state index in [0.29, 0.717) is 27.9 Å². The van der Waals surface area contributed by atoms with Crippen LogP contribution in [0.3, 0.4) is 0 Å². The van der Waals surface area contributed by atoms with Crippen molar-refractivity contribution in [1.29, 1.82) is 0 Å². The zero-order valence-electron chi connectivity index (χ0n) is 17.2. The van der Waals surface area contributed by atoms with Crippen LogP contribution in [0.2, 0.25) is 0 Å². The van der Waals surface area contributed by atoms with Crippen LogP contribution in [0.4, 0.5) is 11.4 Å². The Kier molecular flexibility index (Phi) is 5.78. The summed E-state index contributed by atoms with van der Waals surface area (Å²) in [4.78, 5) is 39.0. The van der Waals surface area contributed by atoms with E-state index in [4.69, 9.17) is 4.74 Å². The number of Topliss-reactive ketones (excluding diaryl/α,β-unsaturated/α-hetero) is 1. The number of esters is 1. The number of fused-ring (bicyclic) bond motifs is 3. The molecule has 0 aliphatic carbocycles. The average Bonchev–Trinajstić information content (AvgIpc) is 3.09. The van der Waals surface area contributed by atoms with Gasteiger partial charge in [-0.1, -0.05) is 12.1 Å². The number of ketones is 1. The van der Waals surface area contributed by atoms with Crippen molar-refractivity contribution in [2.24, 2.45) is 4.40 Å². The molecule has 2 aromatic carbocycles. The summed E-state index contributed by atoms with van der Waals surface area (Å²) in [5, 5.41) is 2.98. The third-order valence-electron chi connectivity index (χ3n) is 4.90. The highest BCUT2D eigenvalue weighted by Crippen LogP contribution is 2.42. The number of benzene rings is 2. The standard InChI is InChI=1S/C21H19N3O6S2/c1-12(25)14-4-3-5-16(10-14)22-19(26)13(2)30-20(27)15-6-7-17-18(11-15)31-21-23-32(28,29)9-8-24(17)21/h3-7,10-11,13H,8-9H2,1-2H3,(H,22,26). The topological polar surface area (TPSA) is 122 Å². The number of amides is 1. The molecule has 0 bridgehead atoms. The summed E-state index contributed by atoms with van der Waals surface area (Å²) in [6.07, 6.45) is -1.08. The van der Waals surface area contributed by atoms with Crippen molar-refractivity contribution in [1.82, 2.24) is 0 Å². The van der Waals surface area contributed by atoms with Crippen molar-refractivity contribution < 1.29 is 27.5 Å². The van der Waals surface area contributed by atoms with Crippen LogP contribution in [0.15, 0.2) is 51.8 Å². The maximum Gasteiger partial charge on any atom is 0.338 e. The summed E-state index contributed by atoms with van der Waals surface area (Å²) in [7, 11) is -3.47. The highest BCUT2D eigenvalue weighted by atomic mass is 32.2. The van der Waals surface area contributed by atoms with Crippen LogP contribution in [0.5, 0.6) is 0 Å². The molecule has 4 rings (SSSR count). The number of nitrogens with one attached hydrogen (secondary N) is 1. The Labute approximate surface area is 188 Å². The predicted molar refractivity (Wildman–Crippen MR) is 121 cm³/mol. The van der Waals surface area contributed by atoms with Crippen LogP contribution in [0, 0.1) is 0 Å². The number of thioether (sulfide) groups is 1. The second-order valence-electron chi connectivity index (χ2n) is 7.27. The van der Waals surface area contributed by atoms with Gasteiger partial charge in [0.25, 0.3) is 15.9 Å². The first kappa shape index (κ1) is 22.0. The number of carbonyl (C=O) groups excluding carboxylic acids is 3. The lowest BCUT2D eigenvalue weighted by atomic mass is 10.1. The molecular weight excluding hydrogens is 454 g/mol. The molecule has 32 heavy (non-hydrogen) atoms. The van der Waals surface area contributed by atoms with Crippen LogP contribution in [0.1, 0.15) is 34.6 Å². The Morgan fingerprint density at radius 3 is 2.69 bits per heavy atom. The molecule has 166 valence electrons. The fourth-order valence-corrected chi connectivity index (χ4v) is 5.50. The van der Waals surface area contributed by atoms with E-state index in [1.54, 1.807) is 47.4 Å².